The Morgan fingerprint density at radius 1 is 1.10 bits per heavy atom. The van der Waals surface area contributed by atoms with Crippen LogP contribution < -0.4 is 5.73 Å². The lowest BCUT2D eigenvalue weighted by atomic mass is 10.3. The largest absolute Gasteiger partial charge is 0.328 e. The molecule has 1 atom stereocenters. The van der Waals surface area contributed by atoms with Crippen LogP contribution in [0.2, 0.25) is 0 Å². The van der Waals surface area contributed by atoms with Crippen LogP contribution in [-0.2, 0) is 0 Å². The van der Waals surface area contributed by atoms with Crippen LogP contribution in [0.25, 0.3) is 0 Å². The quantitative estimate of drug-likeness (QED) is 0.605. The van der Waals surface area contributed by atoms with E-state index in [0.717, 1.165) is 6.42 Å². The van der Waals surface area contributed by atoms with Gasteiger partial charge in [-0.3, -0.25) is 0 Å². The molecule has 0 aliphatic rings. The summed E-state index contributed by atoms with van der Waals surface area (Å²) in [6.07, 6.45) is 2.33. The highest BCUT2D eigenvalue weighted by atomic mass is 14.6. The molecule has 0 heterocycles. The average molecular weight is 147 g/mol. The summed E-state index contributed by atoms with van der Waals surface area (Å²) < 4.78 is 0. The Balaban J connectivity index is -0.0000000847. The van der Waals surface area contributed by atoms with E-state index in [-0.39, 0.29) is 0 Å². The van der Waals surface area contributed by atoms with Gasteiger partial charge in [-0.2, -0.15) is 0 Å². The van der Waals surface area contributed by atoms with E-state index in [1.54, 1.807) is 0 Å². The molecule has 0 bridgehead atoms. The Labute approximate surface area is 67.0 Å². The first-order valence-corrected chi connectivity index (χ1v) is 4.44. The predicted octanol–water partition coefficient (Wildman–Crippen LogP) is 3.19. The topological polar surface area (TPSA) is 26.0 Å². The van der Waals surface area contributed by atoms with E-state index in [1.165, 1.54) is 6.42 Å². The molecule has 0 aliphatic heterocycles. The van der Waals surface area contributed by atoms with Gasteiger partial charge in [-0.15, -0.1) is 0 Å². The molecule has 0 radical (unpaired) electrons. The molecule has 0 fully saturated rings. The van der Waals surface area contributed by atoms with Gasteiger partial charge in [-0.25, -0.2) is 0 Å². The zero-order valence-electron chi connectivity index (χ0n) is 8.57. The van der Waals surface area contributed by atoms with Crippen molar-refractivity contribution in [3.05, 3.63) is 0 Å². The smallest absolute Gasteiger partial charge is 0.000781 e. The molecule has 0 aromatic heterocycles. The highest BCUT2D eigenvalue weighted by Crippen LogP contribution is 1.77. The number of rotatable bonds is 1. The summed E-state index contributed by atoms with van der Waals surface area (Å²) in [6.45, 7) is 12.3. The van der Waals surface area contributed by atoms with Crippen LogP contribution in [0.3, 0.4) is 0 Å². The SMILES string of the molecule is CC.CCC.CCC(C)N. The molecule has 0 spiro atoms. The van der Waals surface area contributed by atoms with Crippen molar-refractivity contribution < 1.29 is 0 Å². The van der Waals surface area contributed by atoms with Gasteiger partial charge < -0.3 is 5.73 Å². The molecular weight excluding hydrogens is 122 g/mol. The molecule has 2 N–H and O–H groups in total. The summed E-state index contributed by atoms with van der Waals surface area (Å²) in [7, 11) is 0. The number of hydrogen-bond acceptors (Lipinski definition) is 1. The molecule has 0 amide bonds. The Morgan fingerprint density at radius 2 is 1.20 bits per heavy atom. The van der Waals surface area contributed by atoms with Crippen LogP contribution >= 0.6 is 0 Å². The van der Waals surface area contributed by atoms with Crippen molar-refractivity contribution in [1.82, 2.24) is 0 Å². The van der Waals surface area contributed by atoms with Gasteiger partial charge in [0.25, 0.3) is 0 Å². The van der Waals surface area contributed by atoms with Crippen molar-refractivity contribution in [1.29, 1.82) is 0 Å². The summed E-state index contributed by atoms with van der Waals surface area (Å²) >= 11 is 0. The molecule has 0 aromatic carbocycles. The second-order valence-electron chi connectivity index (χ2n) is 2.09. The fraction of sp³-hybridized carbons (Fsp3) is 1.00. The van der Waals surface area contributed by atoms with Crippen LogP contribution in [0.5, 0.6) is 0 Å². The zero-order chi connectivity index (χ0) is 8.99. The maximum Gasteiger partial charge on any atom is 0.000781 e. The van der Waals surface area contributed by atoms with E-state index in [4.69, 9.17) is 5.73 Å². The van der Waals surface area contributed by atoms with Crippen molar-refractivity contribution in [2.75, 3.05) is 0 Å². The molecule has 0 rings (SSSR count). The number of hydrogen-bond donors (Lipinski definition) is 1. The van der Waals surface area contributed by atoms with Crippen LogP contribution in [0.1, 0.15) is 54.4 Å². The zero-order valence-corrected chi connectivity index (χ0v) is 8.57. The van der Waals surface area contributed by atoms with Gasteiger partial charge in [0.05, 0.1) is 0 Å². The lowest BCUT2D eigenvalue weighted by molar-refractivity contribution is 0.715. The highest BCUT2D eigenvalue weighted by Gasteiger charge is 1.79. The Morgan fingerprint density at radius 3 is 1.20 bits per heavy atom. The molecule has 10 heavy (non-hydrogen) atoms. The predicted molar refractivity (Wildman–Crippen MR) is 51.3 cm³/mol. The second-order valence-corrected chi connectivity index (χ2v) is 2.09. The van der Waals surface area contributed by atoms with E-state index in [9.17, 15) is 0 Å². The van der Waals surface area contributed by atoms with Crippen molar-refractivity contribution in [2.24, 2.45) is 5.73 Å². The van der Waals surface area contributed by atoms with Gasteiger partial charge in [0, 0.05) is 6.04 Å². The normalized spacial score (nSPS) is 9.90. The average Bonchev–Trinajstić information content (AvgIpc) is 1.94. The maximum atomic E-state index is 5.29. The van der Waals surface area contributed by atoms with Crippen molar-refractivity contribution in [3.63, 3.8) is 0 Å². The minimum Gasteiger partial charge on any atom is -0.328 e. The summed E-state index contributed by atoms with van der Waals surface area (Å²) in [4.78, 5) is 0. The Bertz CT molecular complexity index is 25.9. The molecule has 0 saturated carbocycles. The van der Waals surface area contributed by atoms with Gasteiger partial charge >= 0.3 is 0 Å². The Kier molecular flexibility index (Phi) is 38.1. The van der Waals surface area contributed by atoms with Crippen LogP contribution in [0.15, 0.2) is 0 Å². The third kappa shape index (κ3) is 100. The lowest BCUT2D eigenvalue weighted by Gasteiger charge is -1.91. The van der Waals surface area contributed by atoms with Crippen molar-refractivity contribution >= 4 is 0 Å². The molecule has 66 valence electrons. The minimum atomic E-state index is 0.384. The first-order chi connectivity index (χ1) is 4.68. The third-order valence-electron chi connectivity index (χ3n) is 0.644. The summed E-state index contributed by atoms with van der Waals surface area (Å²) in [5, 5.41) is 0. The van der Waals surface area contributed by atoms with Crippen LogP contribution in [0, 0.1) is 0 Å². The summed E-state index contributed by atoms with van der Waals surface area (Å²) in [5.74, 6) is 0. The first kappa shape index (κ1) is 16.5. The van der Waals surface area contributed by atoms with Gasteiger partial charge in [0.2, 0.25) is 0 Å². The molecule has 0 saturated heterocycles. The van der Waals surface area contributed by atoms with E-state index in [2.05, 4.69) is 20.8 Å². The summed E-state index contributed by atoms with van der Waals surface area (Å²) in [5.41, 5.74) is 5.29. The molecule has 1 nitrogen and oxygen atoms in total. The van der Waals surface area contributed by atoms with E-state index >= 15 is 0 Å². The Hall–Kier alpha value is -0.0400. The van der Waals surface area contributed by atoms with Crippen molar-refractivity contribution in [3.8, 4) is 0 Å². The fourth-order valence-electron chi connectivity index (χ4n) is 0. The van der Waals surface area contributed by atoms with Gasteiger partial charge in [0.1, 0.15) is 0 Å². The second kappa shape index (κ2) is 23.1. The fourth-order valence-corrected chi connectivity index (χ4v) is 0. The van der Waals surface area contributed by atoms with E-state index in [0.29, 0.717) is 6.04 Å². The van der Waals surface area contributed by atoms with Crippen molar-refractivity contribution in [2.45, 2.75) is 60.4 Å². The van der Waals surface area contributed by atoms with E-state index in [1.807, 2.05) is 20.8 Å². The monoisotopic (exact) mass is 147 g/mol. The number of nitrogens with two attached hydrogens (primary N) is 1. The van der Waals surface area contributed by atoms with Gasteiger partial charge in [0.15, 0.2) is 0 Å². The minimum absolute atomic E-state index is 0.384. The summed E-state index contributed by atoms with van der Waals surface area (Å²) in [6, 6.07) is 0.384. The third-order valence-corrected chi connectivity index (χ3v) is 0.644. The lowest BCUT2D eigenvalue weighted by Crippen LogP contribution is -2.11. The molecule has 0 aromatic rings. The highest BCUT2D eigenvalue weighted by molar-refractivity contribution is 4.43. The maximum absolute atomic E-state index is 5.29. The van der Waals surface area contributed by atoms with Gasteiger partial charge in [-0.05, 0) is 13.3 Å². The van der Waals surface area contributed by atoms with E-state index < -0.39 is 0 Å². The first-order valence-electron chi connectivity index (χ1n) is 4.44. The van der Waals surface area contributed by atoms with Crippen LogP contribution in [0.4, 0.5) is 0 Å². The molecule has 1 unspecified atom stereocenters. The van der Waals surface area contributed by atoms with Gasteiger partial charge in [-0.1, -0.05) is 41.0 Å². The molecule has 0 aliphatic carbocycles. The standard InChI is InChI=1S/C4H11N.C3H8.C2H6/c1-3-4(2)5;1-3-2;1-2/h4H,3,5H2,1-2H3;3H2,1-2H3;1-2H3. The molecular formula is C9H25N. The molecule has 1 heteroatoms. The van der Waals surface area contributed by atoms with Crippen LogP contribution in [-0.4, -0.2) is 6.04 Å².